The molecular weight excluding hydrogens is 245 g/mol. The summed E-state index contributed by atoms with van der Waals surface area (Å²) in [5.74, 6) is 0.631. The summed E-state index contributed by atoms with van der Waals surface area (Å²) >= 11 is 12.4. The summed E-state index contributed by atoms with van der Waals surface area (Å²) in [5.41, 5.74) is 1.08. The summed E-state index contributed by atoms with van der Waals surface area (Å²) in [6, 6.07) is 4.19. The fourth-order valence-corrected chi connectivity index (χ4v) is 2.63. The zero-order valence-corrected chi connectivity index (χ0v) is 10.7. The van der Waals surface area contributed by atoms with E-state index >= 15 is 0 Å². The molecule has 1 N–H and O–H groups in total. The van der Waals surface area contributed by atoms with Gasteiger partial charge in [-0.3, -0.25) is 0 Å². The van der Waals surface area contributed by atoms with Crippen LogP contribution in [-0.2, 0) is 0 Å². The van der Waals surface area contributed by atoms with Crippen molar-refractivity contribution in [3.63, 3.8) is 0 Å². The van der Waals surface area contributed by atoms with Crippen LogP contribution in [0.3, 0.4) is 0 Å². The molecule has 0 amide bonds. The number of piperidine rings is 1. The minimum absolute atomic E-state index is 0.324. The Morgan fingerprint density at radius 1 is 1.25 bits per heavy atom. The van der Waals surface area contributed by atoms with Gasteiger partial charge in [0.2, 0.25) is 0 Å². The van der Waals surface area contributed by atoms with Gasteiger partial charge in [0.1, 0.15) is 10.8 Å². The van der Waals surface area contributed by atoms with E-state index in [1.165, 1.54) is 12.8 Å². The highest BCUT2D eigenvalue weighted by Crippen LogP contribution is 2.38. The minimum Gasteiger partial charge on any atom is -0.495 e. The van der Waals surface area contributed by atoms with E-state index in [9.17, 15) is 0 Å². The summed E-state index contributed by atoms with van der Waals surface area (Å²) in [5, 5.41) is 4.58. The lowest BCUT2D eigenvalue weighted by Crippen LogP contribution is -2.27. The van der Waals surface area contributed by atoms with E-state index in [2.05, 4.69) is 5.32 Å². The molecular formula is C12H15Cl2NO. The molecule has 1 aromatic carbocycles. The second-order valence-corrected chi connectivity index (χ2v) is 4.74. The van der Waals surface area contributed by atoms with E-state index in [1.54, 1.807) is 7.11 Å². The van der Waals surface area contributed by atoms with Crippen LogP contribution in [0.5, 0.6) is 5.75 Å². The maximum Gasteiger partial charge on any atom is 0.139 e. The van der Waals surface area contributed by atoms with Gasteiger partial charge in [-0.2, -0.15) is 0 Å². The van der Waals surface area contributed by atoms with Crippen molar-refractivity contribution < 1.29 is 4.74 Å². The van der Waals surface area contributed by atoms with Crippen molar-refractivity contribution >= 4 is 23.2 Å². The maximum absolute atomic E-state index is 6.26. The third-order valence-corrected chi connectivity index (χ3v) is 3.86. The van der Waals surface area contributed by atoms with Crippen molar-refractivity contribution in [2.24, 2.45) is 0 Å². The number of hydrogen-bond donors (Lipinski definition) is 1. The van der Waals surface area contributed by atoms with Crippen LogP contribution in [-0.4, -0.2) is 13.7 Å². The first-order chi connectivity index (χ1) is 7.74. The highest BCUT2D eigenvalue weighted by atomic mass is 35.5. The molecule has 1 unspecified atom stereocenters. The third-order valence-electron chi connectivity index (χ3n) is 2.98. The predicted molar refractivity (Wildman–Crippen MR) is 67.6 cm³/mol. The molecule has 0 aromatic heterocycles. The van der Waals surface area contributed by atoms with E-state index in [1.807, 2.05) is 12.1 Å². The van der Waals surface area contributed by atoms with E-state index in [4.69, 9.17) is 27.9 Å². The number of ether oxygens (including phenoxy) is 1. The Morgan fingerprint density at radius 3 is 2.69 bits per heavy atom. The average molecular weight is 260 g/mol. The van der Waals surface area contributed by atoms with Gasteiger partial charge in [-0.1, -0.05) is 35.7 Å². The SMILES string of the molecule is COc1ccc(C2CCCCN2)c(Cl)c1Cl. The number of hydrogen-bond acceptors (Lipinski definition) is 2. The third kappa shape index (κ3) is 2.29. The van der Waals surface area contributed by atoms with Crippen LogP contribution in [0.25, 0.3) is 0 Å². The second kappa shape index (κ2) is 5.26. The van der Waals surface area contributed by atoms with Crippen molar-refractivity contribution in [2.45, 2.75) is 25.3 Å². The molecule has 2 rings (SSSR count). The van der Waals surface area contributed by atoms with Crippen LogP contribution < -0.4 is 10.1 Å². The lowest BCUT2D eigenvalue weighted by atomic mass is 9.97. The maximum atomic E-state index is 6.26. The smallest absolute Gasteiger partial charge is 0.139 e. The highest BCUT2D eigenvalue weighted by Gasteiger charge is 2.20. The molecule has 88 valence electrons. The first-order valence-electron chi connectivity index (χ1n) is 5.49. The van der Waals surface area contributed by atoms with Crippen molar-refractivity contribution in [3.8, 4) is 5.75 Å². The Labute approximate surface area is 106 Å². The predicted octanol–water partition coefficient (Wildman–Crippen LogP) is 3.82. The topological polar surface area (TPSA) is 21.3 Å². The number of rotatable bonds is 2. The molecule has 4 heteroatoms. The lowest BCUT2D eigenvalue weighted by molar-refractivity contribution is 0.406. The van der Waals surface area contributed by atoms with E-state index in [0.717, 1.165) is 18.5 Å². The van der Waals surface area contributed by atoms with Gasteiger partial charge in [-0.25, -0.2) is 0 Å². The fraction of sp³-hybridized carbons (Fsp3) is 0.500. The van der Waals surface area contributed by atoms with Crippen LogP contribution in [0.15, 0.2) is 12.1 Å². The molecule has 1 aliphatic rings. The molecule has 0 bridgehead atoms. The number of methoxy groups -OCH3 is 1. The van der Waals surface area contributed by atoms with Gasteiger partial charge >= 0.3 is 0 Å². The van der Waals surface area contributed by atoms with Crippen LogP contribution in [0.4, 0.5) is 0 Å². The molecule has 2 nitrogen and oxygen atoms in total. The second-order valence-electron chi connectivity index (χ2n) is 3.99. The molecule has 0 spiro atoms. The molecule has 0 aliphatic carbocycles. The van der Waals surface area contributed by atoms with Gasteiger partial charge in [0.05, 0.1) is 12.1 Å². The van der Waals surface area contributed by atoms with Gasteiger partial charge < -0.3 is 10.1 Å². The Balaban J connectivity index is 2.30. The van der Waals surface area contributed by atoms with Crippen molar-refractivity contribution in [2.75, 3.05) is 13.7 Å². The Kier molecular flexibility index (Phi) is 3.95. The summed E-state index contributed by atoms with van der Waals surface area (Å²) in [6.07, 6.45) is 3.58. The molecule has 1 aliphatic heterocycles. The Morgan fingerprint density at radius 2 is 2.06 bits per heavy atom. The van der Waals surface area contributed by atoms with Crippen molar-refractivity contribution in [1.82, 2.24) is 5.32 Å². The van der Waals surface area contributed by atoms with Crippen LogP contribution in [0.2, 0.25) is 10.0 Å². The largest absolute Gasteiger partial charge is 0.495 e. The summed E-state index contributed by atoms with van der Waals surface area (Å²) in [4.78, 5) is 0. The quantitative estimate of drug-likeness (QED) is 0.872. The first kappa shape index (κ1) is 12.0. The van der Waals surface area contributed by atoms with Gasteiger partial charge in [-0.15, -0.1) is 0 Å². The molecule has 0 saturated carbocycles. The fourth-order valence-electron chi connectivity index (χ4n) is 2.09. The Hall–Kier alpha value is -0.440. The number of nitrogens with one attached hydrogen (secondary N) is 1. The molecule has 1 saturated heterocycles. The molecule has 1 heterocycles. The van der Waals surface area contributed by atoms with Gasteiger partial charge in [0.25, 0.3) is 0 Å². The Bertz CT molecular complexity index is 376. The van der Waals surface area contributed by atoms with Crippen LogP contribution >= 0.6 is 23.2 Å². The molecule has 1 atom stereocenters. The zero-order chi connectivity index (χ0) is 11.5. The molecule has 16 heavy (non-hydrogen) atoms. The van der Waals surface area contributed by atoms with E-state index in [0.29, 0.717) is 21.8 Å². The first-order valence-corrected chi connectivity index (χ1v) is 6.25. The van der Waals surface area contributed by atoms with Gasteiger partial charge in [0, 0.05) is 6.04 Å². The highest BCUT2D eigenvalue weighted by molar-refractivity contribution is 6.43. The van der Waals surface area contributed by atoms with Crippen molar-refractivity contribution in [1.29, 1.82) is 0 Å². The van der Waals surface area contributed by atoms with Crippen LogP contribution in [0, 0.1) is 0 Å². The molecule has 0 radical (unpaired) electrons. The average Bonchev–Trinajstić information content (AvgIpc) is 2.34. The number of benzene rings is 1. The standard InChI is InChI=1S/C12H15Cl2NO/c1-16-10-6-5-8(11(13)12(10)14)9-4-2-3-7-15-9/h5-6,9,15H,2-4,7H2,1H3. The summed E-state index contributed by atoms with van der Waals surface area (Å²) in [6.45, 7) is 1.05. The molecule has 1 fully saturated rings. The minimum atomic E-state index is 0.324. The van der Waals surface area contributed by atoms with E-state index < -0.39 is 0 Å². The van der Waals surface area contributed by atoms with Gasteiger partial charge in [0.15, 0.2) is 0 Å². The summed E-state index contributed by atoms with van der Waals surface area (Å²) < 4.78 is 5.13. The number of halogens is 2. The van der Waals surface area contributed by atoms with Gasteiger partial charge in [-0.05, 0) is 31.0 Å². The zero-order valence-electron chi connectivity index (χ0n) is 9.22. The van der Waals surface area contributed by atoms with Crippen molar-refractivity contribution in [3.05, 3.63) is 27.7 Å². The normalized spacial score (nSPS) is 20.8. The summed E-state index contributed by atoms with van der Waals surface area (Å²) in [7, 11) is 1.59. The lowest BCUT2D eigenvalue weighted by Gasteiger charge is -2.25. The monoisotopic (exact) mass is 259 g/mol. The van der Waals surface area contributed by atoms with Crippen LogP contribution in [0.1, 0.15) is 30.9 Å². The van der Waals surface area contributed by atoms with E-state index in [-0.39, 0.29) is 0 Å². The molecule has 1 aromatic rings.